The van der Waals surface area contributed by atoms with E-state index in [1.165, 1.54) is 24.1 Å². The van der Waals surface area contributed by atoms with Gasteiger partial charge in [0.1, 0.15) is 0 Å². The van der Waals surface area contributed by atoms with Gasteiger partial charge in [-0.15, -0.1) is 34.4 Å². The van der Waals surface area contributed by atoms with Crippen molar-refractivity contribution in [1.82, 2.24) is 0 Å². The lowest BCUT2D eigenvalue weighted by Gasteiger charge is -2.21. The van der Waals surface area contributed by atoms with E-state index in [4.69, 9.17) is 0 Å². The van der Waals surface area contributed by atoms with Crippen LogP contribution < -0.4 is 0 Å². The number of thiophene rings is 2. The molecule has 0 radical (unpaired) electrons. The summed E-state index contributed by atoms with van der Waals surface area (Å²) < 4.78 is 16.6. The summed E-state index contributed by atoms with van der Waals surface area (Å²) in [4.78, 5) is 20.2. The van der Waals surface area contributed by atoms with Crippen LogP contribution in [0.5, 0.6) is 0 Å². The van der Waals surface area contributed by atoms with Crippen LogP contribution in [0, 0.1) is 11.8 Å². The summed E-state index contributed by atoms with van der Waals surface area (Å²) in [5.41, 5.74) is 3.68. The molecule has 0 saturated carbocycles. The van der Waals surface area contributed by atoms with Gasteiger partial charge in [-0.1, -0.05) is 79.1 Å². The Morgan fingerprint density at radius 2 is 1.45 bits per heavy atom. The van der Waals surface area contributed by atoms with Gasteiger partial charge in [-0.05, 0) is 98.0 Å². The fourth-order valence-electron chi connectivity index (χ4n) is 6.27. The number of ketones is 1. The van der Waals surface area contributed by atoms with Crippen molar-refractivity contribution >= 4 is 87.8 Å². The van der Waals surface area contributed by atoms with Crippen LogP contribution in [0.3, 0.4) is 0 Å². The first-order valence-corrected chi connectivity index (χ1v) is 20.6. The van der Waals surface area contributed by atoms with E-state index in [0.717, 1.165) is 94.4 Å². The number of thioether (sulfide) groups is 1. The van der Waals surface area contributed by atoms with Crippen LogP contribution in [-0.2, 0) is 15.6 Å². The van der Waals surface area contributed by atoms with Gasteiger partial charge in [0, 0.05) is 35.6 Å². The zero-order chi connectivity index (χ0) is 30.0. The number of hydrogen-bond donors (Lipinski definition) is 0. The largest absolute Gasteiger partial charge is 0.288 e. The van der Waals surface area contributed by atoms with Crippen LogP contribution in [0.25, 0.3) is 4.91 Å². The number of fused-ring (bicyclic) bond motifs is 2. The molecular formula is C34H40Br2O2S4. The second kappa shape index (κ2) is 14.7. The van der Waals surface area contributed by atoms with Gasteiger partial charge in [-0.3, -0.25) is 4.79 Å². The first-order chi connectivity index (χ1) is 20.3. The average molecular weight is 769 g/mol. The van der Waals surface area contributed by atoms with E-state index in [0.29, 0.717) is 11.8 Å². The molecule has 2 aliphatic heterocycles. The number of Topliss-reactive ketones (excluding diaryl/α,β-unsaturated/α-hetero) is 1. The van der Waals surface area contributed by atoms with Gasteiger partial charge in [0.2, 0.25) is 0 Å². The molecule has 5 rings (SSSR count). The Hall–Kier alpha value is -0.510. The van der Waals surface area contributed by atoms with Gasteiger partial charge in [0.15, 0.2) is 5.78 Å². The molecule has 4 heterocycles. The van der Waals surface area contributed by atoms with Crippen molar-refractivity contribution in [3.05, 3.63) is 79.8 Å². The molecule has 0 bridgehead atoms. The number of allylic oxidation sites excluding steroid dienone is 6. The zero-order valence-corrected chi connectivity index (χ0v) is 31.3. The highest BCUT2D eigenvalue weighted by molar-refractivity contribution is 9.11. The van der Waals surface area contributed by atoms with Gasteiger partial charge in [-0.2, -0.15) is 0 Å². The Kier molecular flexibility index (Phi) is 11.5. The molecule has 3 aliphatic rings. The minimum absolute atomic E-state index is 0.0546. The number of halogens is 2. The molecule has 0 fully saturated rings. The van der Waals surface area contributed by atoms with Crippen LogP contribution in [-0.4, -0.2) is 9.99 Å². The Labute approximate surface area is 283 Å². The molecule has 0 saturated heterocycles. The summed E-state index contributed by atoms with van der Waals surface area (Å²) in [5, 5.41) is 0.0546. The summed E-state index contributed by atoms with van der Waals surface area (Å²) in [5.74, 6) is 1.04. The van der Waals surface area contributed by atoms with Crippen molar-refractivity contribution in [2.45, 2.75) is 97.2 Å². The van der Waals surface area contributed by atoms with Gasteiger partial charge < -0.3 is 0 Å². The number of carbonyl (C=O) groups is 1. The van der Waals surface area contributed by atoms with E-state index in [1.54, 1.807) is 34.4 Å². The van der Waals surface area contributed by atoms with Crippen LogP contribution >= 0.6 is 66.3 Å². The molecule has 0 amide bonds. The first-order valence-electron chi connectivity index (χ1n) is 15.4. The zero-order valence-electron chi connectivity index (χ0n) is 24.9. The van der Waals surface area contributed by atoms with Crippen molar-refractivity contribution in [3.8, 4) is 0 Å². The molecule has 226 valence electrons. The Morgan fingerprint density at radius 3 is 2.00 bits per heavy atom. The van der Waals surface area contributed by atoms with E-state index in [-0.39, 0.29) is 11.0 Å². The third-order valence-electron chi connectivity index (χ3n) is 8.77. The molecule has 2 aromatic heterocycles. The number of unbranched alkanes of at least 4 members (excludes halogenated alkanes) is 2. The maximum Gasteiger partial charge on any atom is 0.196 e. The third-order valence-corrected chi connectivity index (χ3v) is 15.4. The second-order valence-electron chi connectivity index (χ2n) is 11.5. The van der Waals surface area contributed by atoms with Crippen molar-refractivity contribution in [2.75, 3.05) is 0 Å². The molecule has 2 nitrogen and oxygen atoms in total. The molecule has 2 aromatic rings. The number of hydrogen-bond acceptors (Lipinski definition) is 5. The summed E-state index contributed by atoms with van der Waals surface area (Å²) in [6.45, 7) is 8.97. The Morgan fingerprint density at radius 1 is 0.833 bits per heavy atom. The smallest absolute Gasteiger partial charge is 0.196 e. The van der Waals surface area contributed by atoms with Crippen LogP contribution in [0.15, 0.2) is 70.0 Å². The molecule has 0 spiro atoms. The van der Waals surface area contributed by atoms with Gasteiger partial charge in [-0.25, -0.2) is 4.21 Å². The standard InChI is InChI=1S/C34H40Br2O2S4/c1-5-9-11-20(7-3)17-26-22-19-23-31(32(37)30(22)27(42(26)38)18-21(8-4)12-10-6-2)34(25-14-16-29(36)40-25)41-33(23)24-13-15-28(35)39-24/h13-16,19-21,33H,5-12,17-18H2,1-4H3. The molecule has 1 aliphatic carbocycles. The highest BCUT2D eigenvalue weighted by Gasteiger charge is 2.46. The molecule has 0 N–H and O–H groups in total. The van der Waals surface area contributed by atoms with Gasteiger partial charge in [0.05, 0.1) is 23.6 Å². The third kappa shape index (κ3) is 6.69. The van der Waals surface area contributed by atoms with Crippen LogP contribution in [0.4, 0.5) is 0 Å². The summed E-state index contributed by atoms with van der Waals surface area (Å²) >= 11 is 12.5. The van der Waals surface area contributed by atoms with Crippen molar-refractivity contribution in [1.29, 1.82) is 0 Å². The predicted molar refractivity (Wildman–Crippen MR) is 192 cm³/mol. The van der Waals surface area contributed by atoms with Crippen LogP contribution in [0.2, 0.25) is 0 Å². The lowest BCUT2D eigenvalue weighted by atomic mass is 9.80. The monoisotopic (exact) mass is 766 g/mol. The quantitative estimate of drug-likeness (QED) is 0.192. The minimum atomic E-state index is -1.25. The van der Waals surface area contributed by atoms with Crippen molar-refractivity contribution in [3.63, 3.8) is 0 Å². The molecule has 42 heavy (non-hydrogen) atoms. The molecule has 4 atom stereocenters. The second-order valence-corrected chi connectivity index (χ2v) is 19.1. The Bertz CT molecular complexity index is 1490. The van der Waals surface area contributed by atoms with E-state index < -0.39 is 10.8 Å². The van der Waals surface area contributed by atoms with Crippen molar-refractivity contribution in [2.24, 2.45) is 11.8 Å². The number of rotatable bonds is 14. The molecular weight excluding hydrogens is 728 g/mol. The summed E-state index contributed by atoms with van der Waals surface area (Å²) in [6.07, 6.45) is 12.9. The Balaban J connectivity index is 1.68. The van der Waals surface area contributed by atoms with Gasteiger partial charge in [0.25, 0.3) is 0 Å². The van der Waals surface area contributed by atoms with Crippen molar-refractivity contribution < 1.29 is 9.00 Å². The maximum atomic E-state index is 14.8. The lowest BCUT2D eigenvalue weighted by Crippen LogP contribution is -2.17. The predicted octanol–water partition coefficient (Wildman–Crippen LogP) is 12.5. The van der Waals surface area contributed by atoms with E-state index in [9.17, 15) is 9.00 Å². The van der Waals surface area contributed by atoms with Gasteiger partial charge >= 0.3 is 0 Å². The topological polar surface area (TPSA) is 34.1 Å². The summed E-state index contributed by atoms with van der Waals surface area (Å²) in [7, 11) is -1.25. The van der Waals surface area contributed by atoms with E-state index >= 15 is 0 Å². The summed E-state index contributed by atoms with van der Waals surface area (Å²) in [6, 6.07) is 8.47. The molecule has 8 heteroatoms. The van der Waals surface area contributed by atoms with Crippen LogP contribution in [0.1, 0.15) is 107 Å². The normalized spacial score (nSPS) is 21.8. The molecule has 0 aromatic carbocycles. The van der Waals surface area contributed by atoms with E-state index in [1.807, 2.05) is 0 Å². The van der Waals surface area contributed by atoms with E-state index in [2.05, 4.69) is 89.9 Å². The highest BCUT2D eigenvalue weighted by Crippen LogP contribution is 2.61. The maximum absolute atomic E-state index is 14.8. The average Bonchev–Trinajstić information content (AvgIpc) is 3.75. The lowest BCUT2D eigenvalue weighted by molar-refractivity contribution is -0.111. The highest BCUT2D eigenvalue weighted by atomic mass is 79.9. The first kappa shape index (κ1) is 32.9. The number of carbonyl (C=O) groups excluding carboxylic acids is 1. The fraction of sp³-hybridized carbons (Fsp3) is 0.500. The fourth-order valence-corrected chi connectivity index (χ4v) is 12.7. The molecule has 4 unspecified atom stereocenters. The SMILES string of the molecule is CCCCC(CC)CC1=C2C=C3C(=C(c4ccc(Br)s4)SC3c3ccc(Br)s3)C(=O)C2=C(CC(CC)CCCC)S1=O. The minimum Gasteiger partial charge on any atom is -0.288 e.